The van der Waals surface area contributed by atoms with Crippen LogP contribution in [0.25, 0.3) is 11.0 Å². The van der Waals surface area contributed by atoms with E-state index in [1.54, 1.807) is 30.9 Å². The second kappa shape index (κ2) is 6.71. The first-order valence-corrected chi connectivity index (χ1v) is 8.77. The molecule has 9 heteroatoms. The van der Waals surface area contributed by atoms with E-state index in [1.165, 1.54) is 4.90 Å². The second-order valence-corrected chi connectivity index (χ2v) is 7.78. The molecule has 3 rings (SSSR count). The summed E-state index contributed by atoms with van der Waals surface area (Å²) in [6.07, 6.45) is 3.21. The van der Waals surface area contributed by atoms with E-state index >= 15 is 0 Å². The van der Waals surface area contributed by atoms with E-state index in [4.69, 9.17) is 20.8 Å². The van der Waals surface area contributed by atoms with E-state index in [1.807, 2.05) is 25.7 Å². The molecule has 0 saturated carbocycles. The Morgan fingerprint density at radius 3 is 2.56 bits per heavy atom. The maximum absolute atomic E-state index is 13.6. The van der Waals surface area contributed by atoms with Crippen LogP contribution >= 0.6 is 0 Å². The van der Waals surface area contributed by atoms with E-state index in [-0.39, 0.29) is 36.0 Å². The Kier molecular flexibility index (Phi) is 4.71. The Bertz CT molecular complexity index is 937. The van der Waals surface area contributed by atoms with Crippen LogP contribution in [0, 0.1) is 10.8 Å². The molecule has 27 heavy (non-hydrogen) atoms. The highest BCUT2D eigenvalue weighted by Gasteiger charge is 2.26. The van der Waals surface area contributed by atoms with Crippen LogP contribution in [0.2, 0.25) is 0 Å². The highest BCUT2D eigenvalue weighted by molar-refractivity contribution is 5.97. The van der Waals surface area contributed by atoms with Gasteiger partial charge in [0.1, 0.15) is 29.8 Å². The number of anilines is 1. The van der Waals surface area contributed by atoms with Crippen molar-refractivity contribution >= 4 is 28.5 Å². The molecule has 0 aromatic carbocycles. The van der Waals surface area contributed by atoms with Gasteiger partial charge in [0.05, 0.1) is 24.0 Å². The van der Waals surface area contributed by atoms with E-state index in [0.717, 1.165) is 5.39 Å². The number of nitrogens with zero attached hydrogens (tertiary/aromatic N) is 6. The standard InChI is InChI=1S/C18H25FN8/c1-11(20)25(5)14(21)10-27-16-13(8-22-27)15(26-7-6-12(19)9-26)23-17(24-16)18(2,3)4/h6,8,20-21H,7,9-10H2,1-5H3. The minimum atomic E-state index is -0.292. The molecular weight excluding hydrogens is 347 g/mol. The lowest BCUT2D eigenvalue weighted by atomic mass is 9.95. The molecule has 1 aliphatic heterocycles. The smallest absolute Gasteiger partial charge is 0.164 e. The molecule has 8 nitrogen and oxygen atoms in total. The number of nitrogens with one attached hydrogen (secondary N) is 2. The summed E-state index contributed by atoms with van der Waals surface area (Å²) in [7, 11) is 1.68. The monoisotopic (exact) mass is 372 g/mol. The van der Waals surface area contributed by atoms with Crippen molar-refractivity contribution < 1.29 is 4.39 Å². The lowest BCUT2D eigenvalue weighted by molar-refractivity contribution is 0.544. The molecule has 1 aliphatic rings. The summed E-state index contributed by atoms with van der Waals surface area (Å²) in [5.41, 5.74) is 0.317. The molecule has 0 bridgehead atoms. The van der Waals surface area contributed by atoms with Crippen LogP contribution < -0.4 is 4.90 Å². The van der Waals surface area contributed by atoms with Crippen LogP contribution in [0.15, 0.2) is 18.1 Å². The molecular formula is C18H25FN8. The minimum Gasteiger partial charge on any atom is -0.345 e. The molecule has 2 aromatic heterocycles. The summed E-state index contributed by atoms with van der Waals surface area (Å²) in [5, 5.41) is 21.0. The fraction of sp³-hybridized carbons (Fsp3) is 0.500. The maximum Gasteiger partial charge on any atom is 0.164 e. The first-order valence-electron chi connectivity index (χ1n) is 8.77. The van der Waals surface area contributed by atoms with Crippen molar-refractivity contribution in [3.63, 3.8) is 0 Å². The fourth-order valence-electron chi connectivity index (χ4n) is 2.76. The molecule has 0 unspecified atom stereocenters. The van der Waals surface area contributed by atoms with E-state index < -0.39 is 0 Å². The van der Waals surface area contributed by atoms with Gasteiger partial charge >= 0.3 is 0 Å². The van der Waals surface area contributed by atoms with Crippen molar-refractivity contribution in [2.45, 2.75) is 39.7 Å². The molecule has 2 aromatic rings. The number of rotatable bonds is 3. The zero-order chi connectivity index (χ0) is 19.9. The number of hydrogen-bond acceptors (Lipinski definition) is 6. The van der Waals surface area contributed by atoms with Gasteiger partial charge in [0.25, 0.3) is 0 Å². The Labute approximate surface area is 157 Å². The van der Waals surface area contributed by atoms with Crippen LogP contribution in [0.4, 0.5) is 10.2 Å². The van der Waals surface area contributed by atoms with Gasteiger partial charge in [-0.1, -0.05) is 20.8 Å². The Morgan fingerprint density at radius 1 is 1.30 bits per heavy atom. The van der Waals surface area contributed by atoms with E-state index in [9.17, 15) is 4.39 Å². The van der Waals surface area contributed by atoms with Gasteiger partial charge in [0.15, 0.2) is 5.65 Å². The van der Waals surface area contributed by atoms with Gasteiger partial charge in [0, 0.05) is 19.0 Å². The van der Waals surface area contributed by atoms with Gasteiger partial charge in [-0.05, 0) is 13.0 Å². The molecule has 0 spiro atoms. The van der Waals surface area contributed by atoms with Crippen molar-refractivity contribution in [2.24, 2.45) is 0 Å². The van der Waals surface area contributed by atoms with Crippen molar-refractivity contribution in [1.82, 2.24) is 24.6 Å². The summed E-state index contributed by atoms with van der Waals surface area (Å²) in [6, 6.07) is 0. The summed E-state index contributed by atoms with van der Waals surface area (Å²) >= 11 is 0. The molecule has 0 radical (unpaired) electrons. The lowest BCUT2D eigenvalue weighted by Gasteiger charge is -2.23. The second-order valence-electron chi connectivity index (χ2n) is 7.78. The molecule has 0 amide bonds. The first kappa shape index (κ1) is 18.9. The predicted octanol–water partition coefficient (Wildman–Crippen LogP) is 2.70. The van der Waals surface area contributed by atoms with Crippen molar-refractivity contribution in [1.29, 1.82) is 10.8 Å². The Balaban J connectivity index is 2.07. The molecule has 3 heterocycles. The topological polar surface area (TPSA) is 97.8 Å². The molecule has 0 atom stereocenters. The zero-order valence-electron chi connectivity index (χ0n) is 16.3. The molecule has 0 fully saturated rings. The number of aromatic nitrogens is 4. The number of amidine groups is 2. The van der Waals surface area contributed by atoms with Gasteiger partial charge in [0.2, 0.25) is 0 Å². The Hall–Kier alpha value is -2.84. The highest BCUT2D eigenvalue weighted by atomic mass is 19.1. The summed E-state index contributed by atoms with van der Waals surface area (Å²) in [6.45, 7) is 8.53. The zero-order valence-corrected chi connectivity index (χ0v) is 16.3. The van der Waals surface area contributed by atoms with Gasteiger partial charge < -0.3 is 9.80 Å². The number of fused-ring (bicyclic) bond motifs is 1. The number of hydrogen-bond donors (Lipinski definition) is 2. The number of likely N-dealkylation sites (N-methyl/N-ethyl adjacent to an activating group) is 1. The highest BCUT2D eigenvalue weighted by Crippen LogP contribution is 2.30. The third-order valence-corrected chi connectivity index (χ3v) is 4.53. The normalized spacial score (nSPS) is 14.6. The summed E-state index contributed by atoms with van der Waals surface area (Å²) in [4.78, 5) is 12.8. The van der Waals surface area contributed by atoms with Crippen LogP contribution in [0.5, 0.6) is 0 Å². The Morgan fingerprint density at radius 2 is 2.00 bits per heavy atom. The van der Waals surface area contributed by atoms with Crippen molar-refractivity contribution in [3.8, 4) is 0 Å². The van der Waals surface area contributed by atoms with Crippen LogP contribution in [-0.2, 0) is 12.0 Å². The average molecular weight is 372 g/mol. The largest absolute Gasteiger partial charge is 0.345 e. The summed E-state index contributed by atoms with van der Waals surface area (Å²) in [5.74, 6) is 1.64. The summed E-state index contributed by atoms with van der Waals surface area (Å²) < 4.78 is 15.3. The van der Waals surface area contributed by atoms with Crippen molar-refractivity contribution in [2.75, 3.05) is 25.0 Å². The third-order valence-electron chi connectivity index (χ3n) is 4.53. The van der Waals surface area contributed by atoms with Crippen LogP contribution in [0.3, 0.4) is 0 Å². The molecule has 144 valence electrons. The van der Waals surface area contributed by atoms with Gasteiger partial charge in [-0.15, -0.1) is 0 Å². The third kappa shape index (κ3) is 3.67. The van der Waals surface area contributed by atoms with E-state index in [2.05, 4.69) is 5.10 Å². The molecule has 0 aliphatic carbocycles. The number of halogens is 1. The average Bonchev–Trinajstić information content (AvgIpc) is 3.19. The fourth-order valence-corrected chi connectivity index (χ4v) is 2.76. The van der Waals surface area contributed by atoms with Gasteiger partial charge in [-0.25, -0.2) is 19.0 Å². The minimum absolute atomic E-state index is 0.170. The van der Waals surface area contributed by atoms with Gasteiger partial charge in [-0.3, -0.25) is 10.8 Å². The maximum atomic E-state index is 13.6. The SMILES string of the molecule is CC(=N)N(C)C(=N)Cn1ncc2c(N3CC=C(F)C3)nc(C(C)(C)C)nc21. The van der Waals surface area contributed by atoms with Crippen LogP contribution in [0.1, 0.15) is 33.5 Å². The van der Waals surface area contributed by atoms with E-state index in [0.29, 0.717) is 23.8 Å². The lowest BCUT2D eigenvalue weighted by Crippen LogP contribution is -2.33. The first-order chi connectivity index (χ1) is 12.6. The van der Waals surface area contributed by atoms with Crippen LogP contribution in [-0.4, -0.2) is 56.5 Å². The van der Waals surface area contributed by atoms with Gasteiger partial charge in [-0.2, -0.15) is 5.10 Å². The molecule has 0 saturated heterocycles. The quantitative estimate of drug-likeness (QED) is 0.638. The predicted molar refractivity (Wildman–Crippen MR) is 104 cm³/mol. The van der Waals surface area contributed by atoms with Crippen molar-refractivity contribution in [3.05, 3.63) is 23.9 Å². The molecule has 2 N–H and O–H groups in total.